The van der Waals surface area contributed by atoms with Gasteiger partial charge in [0.2, 0.25) is 0 Å². The quantitative estimate of drug-likeness (QED) is 0.621. The minimum absolute atomic E-state index is 1.02. The van der Waals surface area contributed by atoms with Gasteiger partial charge in [-0.3, -0.25) is 0 Å². The van der Waals surface area contributed by atoms with Gasteiger partial charge < -0.3 is 4.90 Å². The molecule has 104 valence electrons. The number of halogens is 1. The van der Waals surface area contributed by atoms with Gasteiger partial charge in [-0.15, -0.1) is 11.3 Å². The SMILES string of the molecule is Brc1ccc(-c2csc(N3CCc4ccccc43)n2)cc1. The van der Waals surface area contributed by atoms with Crippen LogP contribution in [0.4, 0.5) is 10.8 Å². The van der Waals surface area contributed by atoms with Crippen molar-refractivity contribution in [2.75, 3.05) is 11.4 Å². The van der Waals surface area contributed by atoms with E-state index in [4.69, 9.17) is 4.98 Å². The summed E-state index contributed by atoms with van der Waals surface area (Å²) >= 11 is 5.18. The van der Waals surface area contributed by atoms with Crippen LogP contribution in [0.3, 0.4) is 0 Å². The Balaban J connectivity index is 1.68. The van der Waals surface area contributed by atoms with Crippen LogP contribution in [0.1, 0.15) is 5.56 Å². The first kappa shape index (κ1) is 13.0. The van der Waals surface area contributed by atoms with Gasteiger partial charge in [0.25, 0.3) is 0 Å². The summed E-state index contributed by atoms with van der Waals surface area (Å²) in [7, 11) is 0. The van der Waals surface area contributed by atoms with E-state index in [0.717, 1.165) is 33.8 Å². The lowest BCUT2D eigenvalue weighted by molar-refractivity contribution is 0.991. The van der Waals surface area contributed by atoms with Crippen molar-refractivity contribution in [2.24, 2.45) is 0 Å². The van der Waals surface area contributed by atoms with Crippen LogP contribution in [0.15, 0.2) is 58.4 Å². The van der Waals surface area contributed by atoms with Gasteiger partial charge in [-0.2, -0.15) is 0 Å². The summed E-state index contributed by atoms with van der Waals surface area (Å²) in [4.78, 5) is 7.14. The molecule has 0 N–H and O–H groups in total. The third-order valence-corrected chi connectivity index (χ3v) is 5.14. The summed E-state index contributed by atoms with van der Waals surface area (Å²) in [5, 5.41) is 3.22. The van der Waals surface area contributed by atoms with E-state index >= 15 is 0 Å². The lowest BCUT2D eigenvalue weighted by atomic mass is 10.2. The first-order valence-corrected chi connectivity index (χ1v) is 8.55. The molecule has 1 aliphatic rings. The standard InChI is InChI=1S/C17H13BrN2S/c18-14-7-5-12(6-8-14)15-11-21-17(19-15)20-10-9-13-3-1-2-4-16(13)20/h1-8,11H,9-10H2. The minimum atomic E-state index is 1.02. The number of hydrogen-bond donors (Lipinski definition) is 0. The van der Waals surface area contributed by atoms with Gasteiger partial charge in [0.05, 0.1) is 5.69 Å². The summed E-state index contributed by atoms with van der Waals surface area (Å²) in [6.07, 6.45) is 1.10. The van der Waals surface area contributed by atoms with E-state index in [9.17, 15) is 0 Å². The Hall–Kier alpha value is -1.65. The fourth-order valence-electron chi connectivity index (χ4n) is 2.68. The first-order chi connectivity index (χ1) is 10.3. The maximum Gasteiger partial charge on any atom is 0.190 e. The van der Waals surface area contributed by atoms with Crippen molar-refractivity contribution in [3.8, 4) is 11.3 Å². The monoisotopic (exact) mass is 356 g/mol. The number of para-hydroxylation sites is 1. The summed E-state index contributed by atoms with van der Waals surface area (Å²) in [5.74, 6) is 0. The molecule has 0 unspecified atom stereocenters. The van der Waals surface area contributed by atoms with Crippen LogP contribution < -0.4 is 4.90 Å². The highest BCUT2D eigenvalue weighted by Crippen LogP contribution is 2.37. The van der Waals surface area contributed by atoms with Crippen LogP contribution in [0.25, 0.3) is 11.3 Å². The zero-order chi connectivity index (χ0) is 14.2. The van der Waals surface area contributed by atoms with Crippen molar-refractivity contribution < 1.29 is 0 Å². The average Bonchev–Trinajstić information content (AvgIpc) is 3.14. The van der Waals surface area contributed by atoms with Gasteiger partial charge in [0, 0.05) is 27.6 Å². The second kappa shape index (κ2) is 5.28. The number of rotatable bonds is 2. The van der Waals surface area contributed by atoms with Crippen molar-refractivity contribution >= 4 is 38.1 Å². The Bertz CT molecular complexity index is 779. The first-order valence-electron chi connectivity index (χ1n) is 6.88. The fraction of sp³-hybridized carbons (Fsp3) is 0.118. The molecule has 0 saturated heterocycles. The molecule has 21 heavy (non-hydrogen) atoms. The molecular weight excluding hydrogens is 344 g/mol. The summed E-state index contributed by atoms with van der Waals surface area (Å²) in [5.41, 5.74) is 4.92. The molecule has 2 aromatic carbocycles. The molecule has 0 bridgehead atoms. The van der Waals surface area contributed by atoms with Crippen LogP contribution in [-0.4, -0.2) is 11.5 Å². The molecule has 0 aliphatic carbocycles. The Labute approximate surface area is 136 Å². The van der Waals surface area contributed by atoms with E-state index < -0.39 is 0 Å². The molecule has 4 heteroatoms. The number of anilines is 2. The molecule has 2 nitrogen and oxygen atoms in total. The fourth-order valence-corrected chi connectivity index (χ4v) is 3.82. The molecule has 0 saturated carbocycles. The molecule has 0 radical (unpaired) electrons. The number of aromatic nitrogens is 1. The Kier molecular flexibility index (Phi) is 3.28. The number of thiazole rings is 1. The molecule has 1 aliphatic heterocycles. The highest BCUT2D eigenvalue weighted by Gasteiger charge is 2.22. The van der Waals surface area contributed by atoms with Crippen LogP contribution in [0.2, 0.25) is 0 Å². The molecule has 4 rings (SSSR count). The maximum absolute atomic E-state index is 4.82. The van der Waals surface area contributed by atoms with E-state index in [1.165, 1.54) is 11.3 Å². The lowest BCUT2D eigenvalue weighted by Gasteiger charge is -2.15. The van der Waals surface area contributed by atoms with Crippen LogP contribution in [0.5, 0.6) is 0 Å². The van der Waals surface area contributed by atoms with Crippen molar-refractivity contribution in [1.82, 2.24) is 4.98 Å². The van der Waals surface area contributed by atoms with Gasteiger partial charge in [-0.1, -0.05) is 46.3 Å². The molecular formula is C17H13BrN2S. The van der Waals surface area contributed by atoms with E-state index in [2.05, 4.69) is 74.7 Å². The highest BCUT2D eigenvalue weighted by atomic mass is 79.9. The molecule has 2 heterocycles. The zero-order valence-corrected chi connectivity index (χ0v) is 13.7. The van der Waals surface area contributed by atoms with Gasteiger partial charge >= 0.3 is 0 Å². The molecule has 3 aromatic rings. The highest BCUT2D eigenvalue weighted by molar-refractivity contribution is 9.10. The predicted octanol–water partition coefficient (Wildman–Crippen LogP) is 5.27. The third-order valence-electron chi connectivity index (χ3n) is 3.75. The normalized spacial score (nSPS) is 13.5. The maximum atomic E-state index is 4.82. The topological polar surface area (TPSA) is 16.1 Å². The van der Waals surface area contributed by atoms with Crippen molar-refractivity contribution in [3.63, 3.8) is 0 Å². The van der Waals surface area contributed by atoms with Crippen molar-refractivity contribution in [1.29, 1.82) is 0 Å². The summed E-state index contributed by atoms with van der Waals surface area (Å²) < 4.78 is 1.09. The van der Waals surface area contributed by atoms with E-state index in [-0.39, 0.29) is 0 Å². The lowest BCUT2D eigenvalue weighted by Crippen LogP contribution is -2.12. The Morgan fingerprint density at radius 3 is 2.71 bits per heavy atom. The molecule has 0 fully saturated rings. The third kappa shape index (κ3) is 2.39. The van der Waals surface area contributed by atoms with E-state index in [0.29, 0.717) is 0 Å². The smallest absolute Gasteiger partial charge is 0.190 e. The van der Waals surface area contributed by atoms with Gasteiger partial charge in [-0.25, -0.2) is 4.98 Å². The second-order valence-corrected chi connectivity index (χ2v) is 6.80. The van der Waals surface area contributed by atoms with Gasteiger partial charge in [-0.05, 0) is 30.2 Å². The van der Waals surface area contributed by atoms with E-state index in [1.54, 1.807) is 11.3 Å². The largest absolute Gasteiger partial charge is 0.317 e. The summed E-state index contributed by atoms with van der Waals surface area (Å²) in [6.45, 7) is 1.02. The molecule has 0 amide bonds. The van der Waals surface area contributed by atoms with Crippen molar-refractivity contribution in [3.05, 3.63) is 63.9 Å². The zero-order valence-electron chi connectivity index (χ0n) is 11.3. The molecule has 1 aromatic heterocycles. The minimum Gasteiger partial charge on any atom is -0.317 e. The van der Waals surface area contributed by atoms with Crippen LogP contribution >= 0.6 is 27.3 Å². The number of fused-ring (bicyclic) bond motifs is 1. The van der Waals surface area contributed by atoms with Gasteiger partial charge in [0.15, 0.2) is 5.13 Å². The van der Waals surface area contributed by atoms with Crippen molar-refractivity contribution in [2.45, 2.75) is 6.42 Å². The average molecular weight is 357 g/mol. The van der Waals surface area contributed by atoms with Gasteiger partial charge in [0.1, 0.15) is 0 Å². The summed E-state index contributed by atoms with van der Waals surface area (Å²) in [6, 6.07) is 16.9. The predicted molar refractivity (Wildman–Crippen MR) is 92.4 cm³/mol. The molecule has 0 spiro atoms. The molecule has 0 atom stereocenters. The number of hydrogen-bond acceptors (Lipinski definition) is 3. The number of nitrogens with zero attached hydrogens (tertiary/aromatic N) is 2. The Morgan fingerprint density at radius 2 is 1.86 bits per heavy atom. The van der Waals surface area contributed by atoms with E-state index in [1.807, 2.05) is 0 Å². The second-order valence-electron chi connectivity index (χ2n) is 5.05. The van der Waals surface area contributed by atoms with Crippen LogP contribution in [0, 0.1) is 0 Å². The number of benzene rings is 2. The van der Waals surface area contributed by atoms with Crippen LogP contribution in [-0.2, 0) is 6.42 Å². The Morgan fingerprint density at radius 1 is 1.05 bits per heavy atom.